The summed E-state index contributed by atoms with van der Waals surface area (Å²) in [5.41, 5.74) is 1.32. The second-order valence-corrected chi connectivity index (χ2v) is 13.7. The molecular formula is C32H50O5. The van der Waals surface area contributed by atoms with Gasteiger partial charge in [-0.1, -0.05) is 52.3 Å². The smallest absolute Gasteiger partial charge is 0.303 e. The van der Waals surface area contributed by atoms with E-state index in [1.807, 2.05) is 0 Å². The molecule has 0 aliphatic heterocycles. The van der Waals surface area contributed by atoms with E-state index in [-0.39, 0.29) is 29.4 Å². The van der Waals surface area contributed by atoms with Crippen LogP contribution in [0, 0.1) is 40.4 Å². The number of fused-ring (bicyclic) bond motifs is 5. The van der Waals surface area contributed by atoms with Gasteiger partial charge in [0.2, 0.25) is 0 Å². The van der Waals surface area contributed by atoms with Crippen molar-refractivity contribution in [2.45, 2.75) is 124 Å². The van der Waals surface area contributed by atoms with E-state index < -0.39 is 17.1 Å². The lowest BCUT2D eigenvalue weighted by Gasteiger charge is -2.62. The molecule has 9 atom stereocenters. The Balaban J connectivity index is 1.64. The van der Waals surface area contributed by atoms with E-state index >= 15 is 0 Å². The lowest BCUT2D eigenvalue weighted by molar-refractivity contribution is -0.225. The molecule has 0 spiro atoms. The highest BCUT2D eigenvalue weighted by Crippen LogP contribution is 2.68. The normalized spacial score (nSPS) is 41.6. The van der Waals surface area contributed by atoms with Gasteiger partial charge in [-0.2, -0.15) is 0 Å². The Morgan fingerprint density at radius 3 is 2.32 bits per heavy atom. The monoisotopic (exact) mass is 514 g/mol. The molecule has 4 rings (SSSR count). The predicted molar refractivity (Wildman–Crippen MR) is 146 cm³/mol. The van der Waals surface area contributed by atoms with Gasteiger partial charge in [0.15, 0.2) is 0 Å². The maximum atomic E-state index is 12.3. The first-order valence-electron chi connectivity index (χ1n) is 14.7. The molecule has 0 amide bonds. The molecule has 1 N–H and O–H groups in total. The first-order valence-corrected chi connectivity index (χ1v) is 14.7. The van der Waals surface area contributed by atoms with Crippen LogP contribution in [0.1, 0.15) is 106 Å². The number of hydrogen-bond acceptors (Lipinski definition) is 5. The van der Waals surface area contributed by atoms with Gasteiger partial charge in [0.25, 0.3) is 0 Å². The quantitative estimate of drug-likeness (QED) is 0.299. The fourth-order valence-electron chi connectivity index (χ4n) is 9.03. The van der Waals surface area contributed by atoms with Gasteiger partial charge in [-0.25, -0.2) is 0 Å². The maximum Gasteiger partial charge on any atom is 0.303 e. The largest absolute Gasteiger partial charge is 0.462 e. The summed E-state index contributed by atoms with van der Waals surface area (Å²) in [5.74, 6) is 1.85. The van der Waals surface area contributed by atoms with Crippen LogP contribution in [0.2, 0.25) is 0 Å². The van der Waals surface area contributed by atoms with Crippen LogP contribution in [-0.2, 0) is 19.1 Å². The highest BCUT2D eigenvalue weighted by atomic mass is 16.6. The molecule has 208 valence electrons. The summed E-state index contributed by atoms with van der Waals surface area (Å²) >= 11 is 0. The van der Waals surface area contributed by atoms with E-state index in [4.69, 9.17) is 9.47 Å². The summed E-state index contributed by atoms with van der Waals surface area (Å²) in [5, 5.41) is 12.3. The Bertz CT molecular complexity index is 951. The number of carbonyl (C=O) groups excluding carboxylic acids is 2. The van der Waals surface area contributed by atoms with Gasteiger partial charge in [-0.05, 0) is 92.4 Å². The van der Waals surface area contributed by atoms with Crippen molar-refractivity contribution in [1.82, 2.24) is 0 Å². The first kappa shape index (κ1) is 28.4. The Kier molecular flexibility index (Phi) is 7.80. The molecule has 4 aliphatic rings. The fraction of sp³-hybridized carbons (Fsp3) is 0.812. The fourth-order valence-corrected chi connectivity index (χ4v) is 9.03. The number of ether oxygens (including phenoxy) is 2. The summed E-state index contributed by atoms with van der Waals surface area (Å²) in [4.78, 5) is 23.9. The first-order chi connectivity index (χ1) is 17.2. The van der Waals surface area contributed by atoms with E-state index in [1.54, 1.807) is 0 Å². The zero-order valence-corrected chi connectivity index (χ0v) is 24.3. The molecule has 0 aromatic rings. The predicted octanol–water partition coefficient (Wildman–Crippen LogP) is 6.78. The van der Waals surface area contributed by atoms with Crippen molar-refractivity contribution in [2.75, 3.05) is 0 Å². The molecule has 3 saturated carbocycles. The third-order valence-electron chi connectivity index (χ3n) is 11.3. The SMILES string of the molecule is C=C(CC[C@@H](C)[C@H]1CC[C@H]2C3=C[C@@H](OC(C)=O)[C@@]4(O)C[C@@H](OC(C)=O)CC[C@]4(C)[C@H]3CC[C@]12C)C(C)C. The van der Waals surface area contributed by atoms with Crippen molar-refractivity contribution in [2.24, 2.45) is 40.4 Å². The van der Waals surface area contributed by atoms with Gasteiger partial charge >= 0.3 is 11.9 Å². The second kappa shape index (κ2) is 10.2. The Morgan fingerprint density at radius 2 is 1.70 bits per heavy atom. The van der Waals surface area contributed by atoms with Crippen LogP contribution in [0.25, 0.3) is 0 Å². The molecular weight excluding hydrogens is 464 g/mol. The zero-order valence-electron chi connectivity index (χ0n) is 24.3. The van der Waals surface area contributed by atoms with Crippen molar-refractivity contribution in [3.63, 3.8) is 0 Å². The van der Waals surface area contributed by atoms with Crippen LogP contribution in [0.5, 0.6) is 0 Å². The molecule has 37 heavy (non-hydrogen) atoms. The van der Waals surface area contributed by atoms with E-state index in [1.165, 1.54) is 37.8 Å². The average molecular weight is 515 g/mol. The van der Waals surface area contributed by atoms with Crippen molar-refractivity contribution in [1.29, 1.82) is 0 Å². The summed E-state index contributed by atoms with van der Waals surface area (Å²) in [6.45, 7) is 18.7. The van der Waals surface area contributed by atoms with Gasteiger partial charge < -0.3 is 14.6 Å². The molecule has 0 saturated heterocycles. The molecule has 5 nitrogen and oxygen atoms in total. The summed E-state index contributed by atoms with van der Waals surface area (Å²) in [6.07, 6.45) is 9.75. The van der Waals surface area contributed by atoms with E-state index in [9.17, 15) is 14.7 Å². The number of allylic oxidation sites excluding steroid dienone is 2. The van der Waals surface area contributed by atoms with Gasteiger partial charge in [0.05, 0.1) is 0 Å². The highest BCUT2D eigenvalue weighted by Gasteiger charge is 2.66. The van der Waals surface area contributed by atoms with Crippen LogP contribution in [0.15, 0.2) is 23.8 Å². The lowest BCUT2D eigenvalue weighted by atomic mass is 9.45. The van der Waals surface area contributed by atoms with Crippen LogP contribution in [0.3, 0.4) is 0 Å². The highest BCUT2D eigenvalue weighted by molar-refractivity contribution is 5.67. The van der Waals surface area contributed by atoms with Crippen LogP contribution >= 0.6 is 0 Å². The topological polar surface area (TPSA) is 72.8 Å². The molecule has 3 fully saturated rings. The molecule has 0 aromatic heterocycles. The Hall–Kier alpha value is -1.62. The number of carbonyl (C=O) groups is 2. The van der Waals surface area contributed by atoms with Gasteiger partial charge in [0.1, 0.15) is 17.8 Å². The van der Waals surface area contributed by atoms with E-state index in [0.717, 1.165) is 38.5 Å². The van der Waals surface area contributed by atoms with Crippen LogP contribution in [0.4, 0.5) is 0 Å². The third-order valence-corrected chi connectivity index (χ3v) is 11.3. The van der Waals surface area contributed by atoms with Crippen molar-refractivity contribution in [3.8, 4) is 0 Å². The van der Waals surface area contributed by atoms with Gasteiger partial charge in [-0.15, -0.1) is 0 Å². The van der Waals surface area contributed by atoms with Gasteiger partial charge in [-0.3, -0.25) is 9.59 Å². The third kappa shape index (κ3) is 4.83. The standard InChI is InChI=1S/C32H50O5/c1-19(2)20(3)9-10-21(4)26-11-12-27-25-17-29(37-23(6)34)32(35)18-24(36-22(5)33)13-16-31(32,8)28(25)14-15-30(26,27)7/h17,19,21,24,26-29,35H,3,9-16,18H2,1-2,4-8H3/t21-,24+,26-,27+,28+,29-,30-,31-,32+/m1/s1. The minimum absolute atomic E-state index is 0.225. The molecule has 5 heteroatoms. The van der Waals surface area contributed by atoms with Crippen molar-refractivity contribution >= 4 is 11.9 Å². The Morgan fingerprint density at radius 1 is 1.03 bits per heavy atom. The summed E-state index contributed by atoms with van der Waals surface area (Å²) in [6, 6.07) is 0. The van der Waals surface area contributed by atoms with E-state index in [2.05, 4.69) is 47.3 Å². The number of rotatable bonds is 7. The molecule has 0 bridgehead atoms. The maximum absolute atomic E-state index is 12.3. The second-order valence-electron chi connectivity index (χ2n) is 13.7. The van der Waals surface area contributed by atoms with Crippen LogP contribution < -0.4 is 0 Å². The molecule has 0 unspecified atom stereocenters. The van der Waals surface area contributed by atoms with Gasteiger partial charge in [0, 0.05) is 25.7 Å². The molecule has 0 aromatic carbocycles. The zero-order chi connectivity index (χ0) is 27.3. The molecule has 4 aliphatic carbocycles. The number of esters is 2. The minimum Gasteiger partial charge on any atom is -0.462 e. The van der Waals surface area contributed by atoms with Crippen LogP contribution in [-0.4, -0.2) is 34.9 Å². The Labute approximate surface area is 224 Å². The lowest BCUT2D eigenvalue weighted by Crippen LogP contribution is -2.66. The average Bonchev–Trinajstić information content (AvgIpc) is 3.15. The van der Waals surface area contributed by atoms with E-state index in [0.29, 0.717) is 30.1 Å². The molecule has 0 heterocycles. The van der Waals surface area contributed by atoms with Crippen molar-refractivity contribution < 1.29 is 24.2 Å². The minimum atomic E-state index is -1.25. The summed E-state index contributed by atoms with van der Waals surface area (Å²) in [7, 11) is 0. The molecule has 0 radical (unpaired) electrons. The van der Waals surface area contributed by atoms with Crippen molar-refractivity contribution in [3.05, 3.63) is 23.8 Å². The number of hydrogen-bond donors (Lipinski definition) is 1. The number of aliphatic hydroxyl groups is 1. The summed E-state index contributed by atoms with van der Waals surface area (Å²) < 4.78 is 11.4.